The summed E-state index contributed by atoms with van der Waals surface area (Å²) in [5.41, 5.74) is -5.06. The monoisotopic (exact) mass is 836 g/mol. The maximum atomic E-state index is 16.3. The molecule has 6 aromatic rings. The molecule has 6 rings (SSSR count). The van der Waals surface area contributed by atoms with Crippen molar-refractivity contribution in [1.82, 2.24) is 0 Å². The second-order valence-electron chi connectivity index (χ2n) is 12.9. The van der Waals surface area contributed by atoms with Gasteiger partial charge in [-0.2, -0.15) is 43.9 Å². The third-order valence-corrected chi connectivity index (χ3v) is 9.05. The number of hydrogen-bond donors (Lipinski definition) is 2. The molecular formula is C42H28F12N2O3. The van der Waals surface area contributed by atoms with Crippen LogP contribution in [0.5, 0.6) is 34.5 Å². The van der Waals surface area contributed by atoms with Crippen LogP contribution in [0.3, 0.4) is 0 Å². The largest absolute Gasteiger partial charge is 0.457 e. The van der Waals surface area contributed by atoms with Gasteiger partial charge in [0.25, 0.3) is 0 Å². The highest BCUT2D eigenvalue weighted by molar-refractivity contribution is 5.50. The number of anilines is 2. The Labute approximate surface area is 327 Å². The topological polar surface area (TPSA) is 79.7 Å². The second kappa shape index (κ2) is 15.3. The molecule has 59 heavy (non-hydrogen) atoms. The molecule has 308 valence electrons. The van der Waals surface area contributed by atoms with E-state index in [9.17, 15) is 26.3 Å². The van der Waals surface area contributed by atoms with E-state index in [1.54, 1.807) is 0 Å². The van der Waals surface area contributed by atoms with Gasteiger partial charge in [0, 0.05) is 33.6 Å². The zero-order chi connectivity index (χ0) is 43.0. The van der Waals surface area contributed by atoms with Crippen LogP contribution in [-0.4, -0.2) is 12.4 Å². The second-order valence-corrected chi connectivity index (χ2v) is 12.9. The minimum Gasteiger partial charge on any atom is -0.457 e. The van der Waals surface area contributed by atoms with E-state index >= 15 is 26.3 Å². The number of benzene rings is 6. The highest BCUT2D eigenvalue weighted by atomic mass is 19.4. The van der Waals surface area contributed by atoms with Gasteiger partial charge in [0.15, 0.2) is 0 Å². The molecule has 0 aliphatic rings. The van der Waals surface area contributed by atoms with Crippen molar-refractivity contribution in [3.8, 4) is 34.5 Å². The van der Waals surface area contributed by atoms with Crippen LogP contribution >= 0.6 is 0 Å². The summed E-state index contributed by atoms with van der Waals surface area (Å²) in [5, 5.41) is 0. The molecule has 0 fully saturated rings. The Balaban J connectivity index is 1.26. The lowest BCUT2D eigenvalue weighted by Crippen LogP contribution is -2.51. The molecule has 0 amide bonds. The van der Waals surface area contributed by atoms with Crippen LogP contribution in [0.2, 0.25) is 0 Å². The first-order valence-electron chi connectivity index (χ1n) is 17.0. The first-order chi connectivity index (χ1) is 27.6. The number of alkyl halides is 12. The molecule has 0 saturated heterocycles. The number of nitrogen functional groups attached to an aromatic ring is 2. The lowest BCUT2D eigenvalue weighted by Gasteiger charge is -2.36. The number of para-hydroxylation sites is 2. The van der Waals surface area contributed by atoms with Gasteiger partial charge in [0.05, 0.1) is 0 Å². The third kappa shape index (κ3) is 7.76. The first kappa shape index (κ1) is 42.1. The number of rotatable bonds is 12. The van der Waals surface area contributed by atoms with Crippen LogP contribution in [0.4, 0.5) is 64.1 Å². The lowest BCUT2D eigenvalue weighted by atomic mass is 9.83. The number of halogens is 12. The molecule has 6 aromatic carbocycles. The number of ether oxygens (including phenoxy) is 3. The predicted molar refractivity (Wildman–Crippen MR) is 193 cm³/mol. The van der Waals surface area contributed by atoms with Crippen molar-refractivity contribution in [1.29, 1.82) is 0 Å². The van der Waals surface area contributed by atoms with Crippen LogP contribution in [0.1, 0.15) is 22.3 Å². The molecule has 0 bridgehead atoms. The summed E-state index contributed by atoms with van der Waals surface area (Å²) in [6.07, 6.45) is -12.4. The molecule has 2 unspecified atom stereocenters. The van der Waals surface area contributed by atoms with Crippen LogP contribution in [0.25, 0.3) is 0 Å². The van der Waals surface area contributed by atoms with Crippen LogP contribution in [0.15, 0.2) is 146 Å². The smallest absolute Gasteiger partial charge is 0.433 e. The van der Waals surface area contributed by atoms with E-state index in [1.807, 2.05) is 0 Å². The predicted octanol–water partition coefficient (Wildman–Crippen LogP) is 13.3. The van der Waals surface area contributed by atoms with Gasteiger partial charge in [-0.25, -0.2) is 8.78 Å². The Morgan fingerprint density at radius 1 is 0.322 bits per heavy atom. The van der Waals surface area contributed by atoms with Gasteiger partial charge in [0.1, 0.15) is 34.5 Å². The Morgan fingerprint density at radius 2 is 0.593 bits per heavy atom. The van der Waals surface area contributed by atoms with Gasteiger partial charge in [-0.05, 0) is 109 Å². The molecule has 0 spiro atoms. The van der Waals surface area contributed by atoms with E-state index in [4.69, 9.17) is 25.7 Å². The SMILES string of the molecule is Nc1ccc(Oc2ccccc2C(F)(C(F)(F)F)C(F)(F)c2ccc(Oc3ccc(C(F)(F)C(F)(c4ccccc4Oc4ccc(N)cc4)C(F)(F)F)cc3)cc2)cc1. The van der Waals surface area contributed by atoms with Gasteiger partial charge in [-0.3, -0.25) is 0 Å². The van der Waals surface area contributed by atoms with Crippen LogP contribution in [0, 0.1) is 0 Å². The van der Waals surface area contributed by atoms with E-state index in [-0.39, 0.29) is 22.9 Å². The van der Waals surface area contributed by atoms with Crippen molar-refractivity contribution in [3.05, 3.63) is 168 Å². The van der Waals surface area contributed by atoms with E-state index in [0.29, 0.717) is 60.7 Å². The molecule has 0 aliphatic heterocycles. The summed E-state index contributed by atoms with van der Waals surface area (Å²) < 4.78 is 199. The van der Waals surface area contributed by atoms with Crippen molar-refractivity contribution >= 4 is 11.4 Å². The summed E-state index contributed by atoms with van der Waals surface area (Å²) >= 11 is 0. The minimum absolute atomic E-state index is 0.132. The Hall–Kier alpha value is -6.52. The lowest BCUT2D eigenvalue weighted by molar-refractivity contribution is -0.315. The van der Waals surface area contributed by atoms with Gasteiger partial charge >= 0.3 is 35.5 Å². The van der Waals surface area contributed by atoms with Gasteiger partial charge in [0.2, 0.25) is 0 Å². The van der Waals surface area contributed by atoms with Crippen molar-refractivity contribution in [3.63, 3.8) is 0 Å². The normalized spacial score (nSPS) is 14.5. The summed E-state index contributed by atoms with van der Waals surface area (Å²) in [6.45, 7) is 0. The summed E-state index contributed by atoms with van der Waals surface area (Å²) in [6, 6.07) is 21.6. The maximum Gasteiger partial charge on any atom is 0.433 e. The van der Waals surface area contributed by atoms with E-state index in [1.165, 1.54) is 48.5 Å². The number of hydrogen-bond acceptors (Lipinski definition) is 5. The van der Waals surface area contributed by atoms with E-state index in [2.05, 4.69) is 0 Å². The quantitative estimate of drug-likeness (QED) is 0.0948. The zero-order valence-electron chi connectivity index (χ0n) is 29.8. The molecule has 0 aromatic heterocycles. The third-order valence-electron chi connectivity index (χ3n) is 9.05. The Bertz CT molecular complexity index is 2220. The van der Waals surface area contributed by atoms with E-state index in [0.717, 1.165) is 36.4 Å². The Kier molecular flexibility index (Phi) is 10.9. The van der Waals surface area contributed by atoms with Gasteiger partial charge < -0.3 is 25.7 Å². The highest BCUT2D eigenvalue weighted by Gasteiger charge is 2.74. The highest BCUT2D eigenvalue weighted by Crippen LogP contribution is 2.61. The number of nitrogens with two attached hydrogens (primary N) is 2. The van der Waals surface area contributed by atoms with Crippen LogP contribution < -0.4 is 25.7 Å². The van der Waals surface area contributed by atoms with Gasteiger partial charge in [-0.1, -0.05) is 36.4 Å². The van der Waals surface area contributed by atoms with Crippen LogP contribution in [-0.2, 0) is 23.2 Å². The zero-order valence-corrected chi connectivity index (χ0v) is 29.8. The average molecular weight is 837 g/mol. The van der Waals surface area contributed by atoms with Crippen molar-refractivity contribution < 1.29 is 66.9 Å². The summed E-state index contributed by atoms with van der Waals surface area (Å²) in [5.74, 6) is -13.4. The molecule has 0 saturated carbocycles. The first-order valence-corrected chi connectivity index (χ1v) is 17.0. The van der Waals surface area contributed by atoms with Crippen molar-refractivity contribution in [2.45, 2.75) is 35.5 Å². The molecule has 2 atom stereocenters. The van der Waals surface area contributed by atoms with E-state index < -0.39 is 80.8 Å². The standard InChI is InChI=1S/C42H28F12N2O3/c43-37(41(49,50)51,33-5-1-3-7-35(33)58-31-21-13-27(55)14-22-31)39(45,46)25-9-17-29(18-10-25)57-30-19-11-26(12-20-30)40(47,48)38(44,42(52,53)54)34-6-2-4-8-36(34)59-32-23-15-28(56)16-24-32/h1-24H,55-56H2. The fraction of sp³-hybridized carbons (Fsp3) is 0.143. The average Bonchev–Trinajstić information content (AvgIpc) is 3.19. The molecule has 5 nitrogen and oxygen atoms in total. The summed E-state index contributed by atoms with van der Waals surface area (Å²) in [4.78, 5) is 0. The molecule has 0 aliphatic carbocycles. The summed E-state index contributed by atoms with van der Waals surface area (Å²) in [7, 11) is 0. The maximum absolute atomic E-state index is 16.3. The molecular weight excluding hydrogens is 808 g/mol. The minimum atomic E-state index is -6.22. The fourth-order valence-corrected chi connectivity index (χ4v) is 6.00. The Morgan fingerprint density at radius 3 is 0.898 bits per heavy atom. The van der Waals surface area contributed by atoms with Crippen molar-refractivity contribution in [2.75, 3.05) is 11.5 Å². The molecule has 0 heterocycles. The molecule has 4 N–H and O–H groups in total. The molecule has 17 heteroatoms. The fourth-order valence-electron chi connectivity index (χ4n) is 6.00. The van der Waals surface area contributed by atoms with Crippen molar-refractivity contribution in [2.24, 2.45) is 0 Å². The molecule has 0 radical (unpaired) electrons. The van der Waals surface area contributed by atoms with Gasteiger partial charge in [-0.15, -0.1) is 0 Å².